The zero-order valence-corrected chi connectivity index (χ0v) is 22.2. The number of carbonyl (C=O) groups excluding carboxylic acids is 2. The SMILES string of the molecule is O=C1C2Sc3[nH]c(=O)sc3C(c3ccc(OCc4ccc(Cl)cc4)cc3)C2C(=O)N1c1ccc(Cl)cc1. The maximum atomic E-state index is 13.7. The number of aromatic amines is 1. The van der Waals surface area contributed by atoms with Gasteiger partial charge in [0.1, 0.15) is 17.6 Å². The van der Waals surface area contributed by atoms with E-state index >= 15 is 0 Å². The smallest absolute Gasteiger partial charge is 0.305 e. The third-order valence-corrected chi connectivity index (χ3v) is 9.37. The first-order chi connectivity index (χ1) is 17.9. The number of H-pyrrole nitrogens is 1. The Morgan fingerprint density at radius 3 is 2.16 bits per heavy atom. The molecule has 2 aliphatic rings. The molecule has 6 nitrogen and oxygen atoms in total. The van der Waals surface area contributed by atoms with Gasteiger partial charge in [0.15, 0.2) is 0 Å². The molecular weight excluding hydrogens is 551 g/mol. The van der Waals surface area contributed by atoms with Crippen LogP contribution in [-0.4, -0.2) is 22.0 Å². The topological polar surface area (TPSA) is 79.5 Å². The first-order valence-electron chi connectivity index (χ1n) is 11.4. The molecule has 0 radical (unpaired) electrons. The van der Waals surface area contributed by atoms with E-state index in [9.17, 15) is 14.4 Å². The largest absolute Gasteiger partial charge is 0.489 e. The summed E-state index contributed by atoms with van der Waals surface area (Å²) >= 11 is 14.3. The molecule has 1 saturated heterocycles. The number of ether oxygens (including phenoxy) is 1. The molecule has 3 heterocycles. The molecule has 186 valence electrons. The quantitative estimate of drug-likeness (QED) is 0.293. The fourth-order valence-electron chi connectivity index (χ4n) is 4.74. The molecule has 6 rings (SSSR count). The normalized spacial score (nSPS) is 20.6. The lowest BCUT2D eigenvalue weighted by Crippen LogP contribution is -2.32. The molecule has 3 aromatic carbocycles. The van der Waals surface area contributed by atoms with E-state index in [0.29, 0.717) is 33.1 Å². The Morgan fingerprint density at radius 1 is 0.838 bits per heavy atom. The molecule has 10 heteroatoms. The molecule has 0 bridgehead atoms. The number of hydrogen-bond acceptors (Lipinski definition) is 6. The standard InChI is InChI=1S/C27H18Cl2N2O4S2/c28-16-5-1-14(2-6-16)13-35-19-11-3-15(4-12-19)20-21-23(36-24-22(20)37-27(34)30-24)26(33)31(25(21)32)18-9-7-17(29)8-10-18/h1-12,20-21,23H,13H2,(H,30,34). The van der Waals surface area contributed by atoms with Crippen LogP contribution in [0.5, 0.6) is 5.75 Å². The summed E-state index contributed by atoms with van der Waals surface area (Å²) in [4.78, 5) is 44.1. The minimum Gasteiger partial charge on any atom is -0.489 e. The van der Waals surface area contributed by atoms with Gasteiger partial charge < -0.3 is 9.72 Å². The number of anilines is 1. The molecule has 0 aliphatic carbocycles. The number of benzene rings is 3. The number of rotatable bonds is 5. The van der Waals surface area contributed by atoms with Crippen LogP contribution < -0.4 is 14.5 Å². The highest BCUT2D eigenvalue weighted by Crippen LogP contribution is 2.53. The summed E-state index contributed by atoms with van der Waals surface area (Å²) in [5, 5.41) is 1.18. The van der Waals surface area contributed by atoms with E-state index in [-0.39, 0.29) is 16.7 Å². The molecule has 4 aromatic rings. The summed E-state index contributed by atoms with van der Waals surface area (Å²) < 4.78 is 5.92. The Bertz CT molecular complexity index is 1550. The number of fused-ring (bicyclic) bond motifs is 2. The van der Waals surface area contributed by atoms with Crippen molar-refractivity contribution in [3.8, 4) is 5.75 Å². The van der Waals surface area contributed by atoms with Crippen molar-refractivity contribution in [1.29, 1.82) is 0 Å². The minimum absolute atomic E-state index is 0.208. The summed E-state index contributed by atoms with van der Waals surface area (Å²) in [6.07, 6.45) is 0. The highest BCUT2D eigenvalue weighted by atomic mass is 35.5. The molecule has 0 spiro atoms. The number of imide groups is 1. The van der Waals surface area contributed by atoms with Gasteiger partial charge in [0.05, 0.1) is 16.6 Å². The number of hydrogen-bond donors (Lipinski definition) is 1. The Kier molecular flexibility index (Phi) is 6.36. The number of thiazole rings is 1. The van der Waals surface area contributed by atoms with Crippen LogP contribution in [0.2, 0.25) is 10.0 Å². The molecule has 1 N–H and O–H groups in total. The number of thioether (sulfide) groups is 1. The summed E-state index contributed by atoms with van der Waals surface area (Å²) in [5.41, 5.74) is 2.31. The molecule has 3 unspecified atom stereocenters. The second kappa shape index (κ2) is 9.68. The molecule has 3 atom stereocenters. The van der Waals surface area contributed by atoms with E-state index in [4.69, 9.17) is 27.9 Å². The van der Waals surface area contributed by atoms with Crippen molar-refractivity contribution in [2.24, 2.45) is 5.92 Å². The van der Waals surface area contributed by atoms with E-state index in [1.54, 1.807) is 24.3 Å². The summed E-state index contributed by atoms with van der Waals surface area (Å²) in [7, 11) is 0. The lowest BCUT2D eigenvalue weighted by Gasteiger charge is -2.29. The van der Waals surface area contributed by atoms with Crippen LogP contribution in [0.25, 0.3) is 0 Å². The van der Waals surface area contributed by atoms with Crippen LogP contribution in [0.4, 0.5) is 5.69 Å². The van der Waals surface area contributed by atoms with Crippen molar-refractivity contribution in [3.63, 3.8) is 0 Å². The maximum Gasteiger partial charge on any atom is 0.305 e. The van der Waals surface area contributed by atoms with Gasteiger partial charge >= 0.3 is 4.87 Å². The van der Waals surface area contributed by atoms with E-state index in [1.165, 1.54) is 16.7 Å². The van der Waals surface area contributed by atoms with Gasteiger partial charge in [-0.25, -0.2) is 4.90 Å². The van der Waals surface area contributed by atoms with Crippen molar-refractivity contribution < 1.29 is 14.3 Å². The van der Waals surface area contributed by atoms with Gasteiger partial charge in [0.25, 0.3) is 0 Å². The van der Waals surface area contributed by atoms with Crippen LogP contribution in [0.3, 0.4) is 0 Å². The average Bonchev–Trinajstić information content (AvgIpc) is 3.39. The van der Waals surface area contributed by atoms with Crippen LogP contribution in [0.1, 0.15) is 21.9 Å². The van der Waals surface area contributed by atoms with Gasteiger partial charge in [-0.05, 0) is 59.7 Å². The molecule has 2 amide bonds. The highest BCUT2D eigenvalue weighted by Gasteiger charge is 2.56. The monoisotopic (exact) mass is 568 g/mol. The third-order valence-electron chi connectivity index (χ3n) is 6.47. The van der Waals surface area contributed by atoms with Crippen molar-refractivity contribution in [2.45, 2.75) is 22.8 Å². The van der Waals surface area contributed by atoms with E-state index in [2.05, 4.69) is 4.98 Å². The number of nitrogens with zero attached hydrogens (tertiary/aromatic N) is 1. The first-order valence-corrected chi connectivity index (χ1v) is 13.8. The van der Waals surface area contributed by atoms with Gasteiger partial charge in [0.2, 0.25) is 11.8 Å². The predicted octanol–water partition coefficient (Wildman–Crippen LogP) is 6.12. The Hall–Kier alpha value is -3.04. The summed E-state index contributed by atoms with van der Waals surface area (Å²) in [6, 6.07) is 21.5. The third kappa shape index (κ3) is 4.48. The lowest BCUT2D eigenvalue weighted by molar-refractivity contribution is -0.122. The van der Waals surface area contributed by atoms with Gasteiger partial charge in [-0.2, -0.15) is 0 Å². The molecule has 1 fully saturated rings. The molecule has 0 saturated carbocycles. The number of aromatic nitrogens is 1. The minimum atomic E-state index is -0.647. The lowest BCUT2D eigenvalue weighted by atomic mass is 9.83. The summed E-state index contributed by atoms with van der Waals surface area (Å²) in [6.45, 7) is 0.383. The van der Waals surface area contributed by atoms with Gasteiger partial charge in [-0.15, -0.1) is 0 Å². The predicted molar refractivity (Wildman–Crippen MR) is 146 cm³/mol. The first kappa shape index (κ1) is 24.3. The van der Waals surface area contributed by atoms with Crippen LogP contribution >= 0.6 is 46.3 Å². The summed E-state index contributed by atoms with van der Waals surface area (Å²) in [5.74, 6) is -1.01. The highest BCUT2D eigenvalue weighted by molar-refractivity contribution is 8.00. The van der Waals surface area contributed by atoms with Crippen LogP contribution in [-0.2, 0) is 16.2 Å². The van der Waals surface area contributed by atoms with E-state index < -0.39 is 17.1 Å². The van der Waals surface area contributed by atoms with E-state index in [1.807, 2.05) is 48.5 Å². The van der Waals surface area contributed by atoms with Crippen LogP contribution in [0, 0.1) is 5.92 Å². The Morgan fingerprint density at radius 2 is 1.49 bits per heavy atom. The number of amides is 2. The Labute approximate surface area is 230 Å². The van der Waals surface area contributed by atoms with Gasteiger partial charge in [0, 0.05) is 20.8 Å². The zero-order chi connectivity index (χ0) is 25.7. The van der Waals surface area contributed by atoms with E-state index in [0.717, 1.165) is 27.3 Å². The molecule has 2 aliphatic heterocycles. The number of halogens is 2. The van der Waals surface area contributed by atoms with Crippen molar-refractivity contribution in [2.75, 3.05) is 4.90 Å². The fourth-order valence-corrected chi connectivity index (χ4v) is 7.51. The molecular formula is C27H18Cl2N2O4S2. The molecule has 1 aromatic heterocycles. The number of carbonyl (C=O) groups is 2. The fraction of sp³-hybridized carbons (Fsp3) is 0.148. The number of nitrogens with one attached hydrogen (secondary N) is 1. The van der Waals surface area contributed by atoms with Gasteiger partial charge in [-0.3, -0.25) is 14.4 Å². The maximum absolute atomic E-state index is 13.7. The van der Waals surface area contributed by atoms with Gasteiger partial charge in [-0.1, -0.05) is 70.6 Å². The van der Waals surface area contributed by atoms with Crippen LogP contribution in [0.15, 0.2) is 82.6 Å². The van der Waals surface area contributed by atoms with Crippen molar-refractivity contribution in [3.05, 3.63) is 109 Å². The van der Waals surface area contributed by atoms with Crippen molar-refractivity contribution in [1.82, 2.24) is 4.98 Å². The van der Waals surface area contributed by atoms with Crippen molar-refractivity contribution >= 4 is 63.8 Å². The zero-order valence-electron chi connectivity index (χ0n) is 19.0. The average molecular weight is 569 g/mol. The second-order valence-corrected chi connectivity index (χ2v) is 11.8. The molecule has 37 heavy (non-hydrogen) atoms. The Balaban J connectivity index is 1.32. The second-order valence-electron chi connectivity index (χ2n) is 8.72.